The minimum atomic E-state index is -0.259. The number of nitrogens with one attached hydrogen (secondary N) is 1. The van der Waals surface area contributed by atoms with Crippen LogP contribution >= 0.6 is 11.8 Å². The van der Waals surface area contributed by atoms with Crippen LogP contribution in [-0.2, 0) is 4.79 Å². The quantitative estimate of drug-likeness (QED) is 0.745. The number of phenolic OH excluding ortho intramolecular Hbond substituents is 2. The van der Waals surface area contributed by atoms with Gasteiger partial charge in [-0.15, -0.1) is 0 Å². The molecule has 1 aliphatic heterocycles. The van der Waals surface area contributed by atoms with E-state index in [2.05, 4.69) is 10.3 Å². The summed E-state index contributed by atoms with van der Waals surface area (Å²) in [6, 6.07) is 13.2. The molecule has 6 heteroatoms. The van der Waals surface area contributed by atoms with Gasteiger partial charge in [-0.25, -0.2) is 4.99 Å². The lowest BCUT2D eigenvalue weighted by molar-refractivity contribution is -0.115. The van der Waals surface area contributed by atoms with E-state index in [4.69, 9.17) is 0 Å². The molecular weight excluding hydrogens is 300 g/mol. The third kappa shape index (κ3) is 3.12. The summed E-state index contributed by atoms with van der Waals surface area (Å²) >= 11 is 1.20. The first-order valence-corrected chi connectivity index (χ1v) is 7.30. The Bertz CT molecular complexity index is 782. The van der Waals surface area contributed by atoms with Crippen LogP contribution < -0.4 is 5.32 Å². The highest BCUT2D eigenvalue weighted by molar-refractivity contribution is 8.18. The molecule has 1 fully saturated rings. The zero-order chi connectivity index (χ0) is 15.5. The number of rotatable bonds is 2. The lowest BCUT2D eigenvalue weighted by Gasteiger charge is -1.98. The summed E-state index contributed by atoms with van der Waals surface area (Å²) in [5, 5.41) is 22.1. The molecule has 1 amide bonds. The second-order valence-corrected chi connectivity index (χ2v) is 5.59. The summed E-state index contributed by atoms with van der Waals surface area (Å²) in [5.74, 6) is 0.0188. The van der Waals surface area contributed by atoms with Crippen molar-refractivity contribution in [3.63, 3.8) is 0 Å². The van der Waals surface area contributed by atoms with Gasteiger partial charge in [0.1, 0.15) is 11.5 Å². The number of thioether (sulfide) groups is 1. The van der Waals surface area contributed by atoms with Crippen molar-refractivity contribution in [3.05, 3.63) is 59.0 Å². The van der Waals surface area contributed by atoms with E-state index in [9.17, 15) is 15.0 Å². The van der Waals surface area contributed by atoms with Gasteiger partial charge in [0.15, 0.2) is 5.17 Å². The predicted molar refractivity (Wildman–Crippen MR) is 87.0 cm³/mol. The molecule has 22 heavy (non-hydrogen) atoms. The molecule has 0 bridgehead atoms. The van der Waals surface area contributed by atoms with Crippen LogP contribution in [0.3, 0.4) is 0 Å². The Morgan fingerprint density at radius 1 is 1.05 bits per heavy atom. The molecule has 0 atom stereocenters. The van der Waals surface area contributed by atoms with Crippen molar-refractivity contribution >= 4 is 34.6 Å². The van der Waals surface area contributed by atoms with Crippen LogP contribution in [0.5, 0.6) is 11.5 Å². The van der Waals surface area contributed by atoms with E-state index >= 15 is 0 Å². The van der Waals surface area contributed by atoms with Gasteiger partial charge in [0, 0.05) is 5.56 Å². The molecule has 0 saturated carbocycles. The van der Waals surface area contributed by atoms with Crippen LogP contribution in [0.4, 0.5) is 5.69 Å². The van der Waals surface area contributed by atoms with Crippen LogP contribution in [0.1, 0.15) is 5.56 Å². The largest absolute Gasteiger partial charge is 0.508 e. The zero-order valence-electron chi connectivity index (χ0n) is 11.4. The van der Waals surface area contributed by atoms with Gasteiger partial charge in [-0.1, -0.05) is 18.2 Å². The highest BCUT2D eigenvalue weighted by Gasteiger charge is 2.24. The monoisotopic (exact) mass is 312 g/mol. The third-order valence-electron chi connectivity index (χ3n) is 2.95. The Hall–Kier alpha value is -2.73. The standard InChI is InChI=1S/C16H12N2O3S/c19-12-7-5-11(6-8-12)17-16-18-15(21)14(22-16)9-10-3-1-2-4-13(10)20/h1-9,19-20H,(H,17,18,21)/b14-9-. The van der Waals surface area contributed by atoms with Gasteiger partial charge in [-0.05, 0) is 48.2 Å². The van der Waals surface area contributed by atoms with Crippen molar-refractivity contribution in [2.24, 2.45) is 4.99 Å². The number of carbonyl (C=O) groups is 1. The first-order valence-electron chi connectivity index (χ1n) is 6.48. The maximum absolute atomic E-state index is 11.9. The molecule has 0 spiro atoms. The van der Waals surface area contributed by atoms with Crippen molar-refractivity contribution in [3.8, 4) is 11.5 Å². The summed E-state index contributed by atoms with van der Waals surface area (Å²) in [6.45, 7) is 0. The maximum atomic E-state index is 11.9. The number of phenols is 2. The molecule has 2 aromatic carbocycles. The van der Waals surface area contributed by atoms with E-state index in [0.717, 1.165) is 0 Å². The average molecular weight is 312 g/mol. The third-order valence-corrected chi connectivity index (χ3v) is 3.86. The van der Waals surface area contributed by atoms with Gasteiger partial charge in [-0.2, -0.15) is 0 Å². The smallest absolute Gasteiger partial charge is 0.264 e. The second-order valence-electron chi connectivity index (χ2n) is 4.56. The van der Waals surface area contributed by atoms with Crippen LogP contribution in [-0.4, -0.2) is 21.3 Å². The Kier molecular flexibility index (Phi) is 3.84. The lowest BCUT2D eigenvalue weighted by atomic mass is 10.2. The SMILES string of the molecule is O=C1NC(=Nc2ccc(O)cc2)S/C1=C\c1ccccc1O. The van der Waals surface area contributed by atoms with Gasteiger partial charge in [0.25, 0.3) is 5.91 Å². The Morgan fingerprint density at radius 3 is 2.50 bits per heavy atom. The minimum absolute atomic E-state index is 0.118. The summed E-state index contributed by atoms with van der Waals surface area (Å²) < 4.78 is 0. The topological polar surface area (TPSA) is 81.9 Å². The first kappa shape index (κ1) is 14.2. The number of carbonyl (C=O) groups excluding carboxylic acids is 1. The number of benzene rings is 2. The molecule has 1 aliphatic rings. The molecule has 3 rings (SSSR count). The Balaban J connectivity index is 1.84. The number of hydrogen-bond donors (Lipinski definition) is 3. The minimum Gasteiger partial charge on any atom is -0.508 e. The van der Waals surface area contributed by atoms with Crippen LogP contribution in [0.15, 0.2) is 58.4 Å². The van der Waals surface area contributed by atoms with Gasteiger partial charge in [-0.3, -0.25) is 4.79 Å². The Morgan fingerprint density at radius 2 is 1.77 bits per heavy atom. The molecule has 0 radical (unpaired) electrons. The maximum Gasteiger partial charge on any atom is 0.264 e. The number of nitrogens with zero attached hydrogens (tertiary/aromatic N) is 1. The van der Waals surface area contributed by atoms with E-state index in [1.165, 1.54) is 23.9 Å². The first-order chi connectivity index (χ1) is 10.6. The number of hydrogen-bond acceptors (Lipinski definition) is 5. The summed E-state index contributed by atoms with van der Waals surface area (Å²) in [5.41, 5.74) is 1.20. The van der Waals surface area contributed by atoms with Crippen LogP contribution in [0.25, 0.3) is 6.08 Å². The highest BCUT2D eigenvalue weighted by atomic mass is 32.2. The van der Waals surface area contributed by atoms with E-state index < -0.39 is 0 Å². The van der Waals surface area contributed by atoms with Crippen molar-refractivity contribution < 1.29 is 15.0 Å². The molecule has 3 N–H and O–H groups in total. The fourth-order valence-electron chi connectivity index (χ4n) is 1.88. The summed E-state index contributed by atoms with van der Waals surface area (Å²) in [4.78, 5) is 16.7. The van der Waals surface area contributed by atoms with E-state index in [1.54, 1.807) is 42.5 Å². The molecule has 5 nitrogen and oxygen atoms in total. The van der Waals surface area contributed by atoms with Gasteiger partial charge in [0.05, 0.1) is 10.6 Å². The fourth-order valence-corrected chi connectivity index (χ4v) is 2.71. The number of aromatic hydroxyl groups is 2. The molecule has 110 valence electrons. The van der Waals surface area contributed by atoms with Crippen molar-refractivity contribution in [2.45, 2.75) is 0 Å². The molecule has 1 heterocycles. The zero-order valence-corrected chi connectivity index (χ0v) is 12.2. The molecule has 0 aromatic heterocycles. The average Bonchev–Trinajstić information content (AvgIpc) is 2.84. The van der Waals surface area contributed by atoms with E-state index in [0.29, 0.717) is 21.3 Å². The lowest BCUT2D eigenvalue weighted by Crippen LogP contribution is -2.19. The van der Waals surface area contributed by atoms with Gasteiger partial charge < -0.3 is 15.5 Å². The predicted octanol–water partition coefficient (Wildman–Crippen LogP) is 2.99. The summed E-state index contributed by atoms with van der Waals surface area (Å²) in [6.07, 6.45) is 1.62. The highest BCUT2D eigenvalue weighted by Crippen LogP contribution is 2.30. The molecule has 0 unspecified atom stereocenters. The van der Waals surface area contributed by atoms with E-state index in [1.807, 2.05) is 0 Å². The second kappa shape index (κ2) is 5.95. The van der Waals surface area contributed by atoms with Gasteiger partial charge >= 0.3 is 0 Å². The van der Waals surface area contributed by atoms with Crippen molar-refractivity contribution in [1.29, 1.82) is 0 Å². The normalized spacial score (nSPS) is 17.9. The molecule has 0 aliphatic carbocycles. The summed E-state index contributed by atoms with van der Waals surface area (Å²) in [7, 11) is 0. The van der Waals surface area contributed by atoms with Crippen LogP contribution in [0, 0.1) is 0 Å². The number of amidine groups is 1. The molecular formula is C16H12N2O3S. The van der Waals surface area contributed by atoms with Crippen LogP contribution in [0.2, 0.25) is 0 Å². The van der Waals surface area contributed by atoms with Gasteiger partial charge in [0.2, 0.25) is 0 Å². The Labute approximate surface area is 131 Å². The number of para-hydroxylation sites is 1. The molecule has 1 saturated heterocycles. The van der Waals surface area contributed by atoms with Crippen molar-refractivity contribution in [1.82, 2.24) is 5.32 Å². The number of aliphatic imine (C=N–C) groups is 1. The van der Waals surface area contributed by atoms with E-state index in [-0.39, 0.29) is 17.4 Å². The number of amides is 1. The molecule has 2 aromatic rings. The fraction of sp³-hybridized carbons (Fsp3) is 0. The van der Waals surface area contributed by atoms with Crippen molar-refractivity contribution in [2.75, 3.05) is 0 Å².